The van der Waals surface area contributed by atoms with Crippen LogP contribution < -0.4 is 5.32 Å². The van der Waals surface area contributed by atoms with Gasteiger partial charge in [-0.2, -0.15) is 0 Å². The van der Waals surface area contributed by atoms with Gasteiger partial charge in [-0.1, -0.05) is 13.8 Å². The van der Waals surface area contributed by atoms with Crippen LogP contribution in [0.25, 0.3) is 0 Å². The number of rotatable bonds is 2. The molecule has 5 heteroatoms. The third-order valence-corrected chi connectivity index (χ3v) is 3.82. The normalized spacial score (nSPS) is 31.6. The van der Waals surface area contributed by atoms with Gasteiger partial charge in [-0.15, -0.1) is 0 Å². The number of carbonyl (C=O) groups is 2. The first-order valence-corrected chi connectivity index (χ1v) is 6.80. The van der Waals surface area contributed by atoms with Crippen LogP contribution in [0.5, 0.6) is 0 Å². The highest BCUT2D eigenvalue weighted by Gasteiger charge is 2.45. The van der Waals surface area contributed by atoms with Crippen LogP contribution in [0.1, 0.15) is 53.9 Å². The Bertz CT molecular complexity index is 361. The van der Waals surface area contributed by atoms with Crippen LogP contribution in [0.2, 0.25) is 0 Å². The zero-order valence-corrected chi connectivity index (χ0v) is 12.4. The maximum absolute atomic E-state index is 11.8. The summed E-state index contributed by atoms with van der Waals surface area (Å²) < 4.78 is 5.16. The van der Waals surface area contributed by atoms with E-state index in [1.165, 1.54) is 0 Å². The van der Waals surface area contributed by atoms with E-state index in [9.17, 15) is 14.7 Å². The van der Waals surface area contributed by atoms with Gasteiger partial charge >= 0.3 is 12.1 Å². The Hall–Kier alpha value is -1.26. The number of hydrogen-bond donors (Lipinski definition) is 2. The van der Waals surface area contributed by atoms with Crippen molar-refractivity contribution in [3.8, 4) is 0 Å². The van der Waals surface area contributed by atoms with Gasteiger partial charge < -0.3 is 15.2 Å². The van der Waals surface area contributed by atoms with Gasteiger partial charge in [-0.05, 0) is 51.9 Å². The van der Waals surface area contributed by atoms with E-state index in [0.717, 1.165) is 6.42 Å². The molecule has 0 saturated heterocycles. The molecule has 5 nitrogen and oxygen atoms in total. The minimum atomic E-state index is -1.19. The van der Waals surface area contributed by atoms with Gasteiger partial charge in [0.1, 0.15) is 11.1 Å². The molecule has 0 heterocycles. The lowest BCUT2D eigenvalue weighted by atomic mass is 9.71. The quantitative estimate of drug-likeness (QED) is 0.809. The topological polar surface area (TPSA) is 75.6 Å². The van der Waals surface area contributed by atoms with Gasteiger partial charge in [-0.25, -0.2) is 9.59 Å². The summed E-state index contributed by atoms with van der Waals surface area (Å²) >= 11 is 0. The number of carboxylic acids is 1. The van der Waals surface area contributed by atoms with Gasteiger partial charge in [0.05, 0.1) is 0 Å². The zero-order valence-electron chi connectivity index (χ0n) is 12.4. The van der Waals surface area contributed by atoms with Crippen molar-refractivity contribution in [1.29, 1.82) is 0 Å². The first-order chi connectivity index (χ1) is 8.56. The molecule has 0 aromatic heterocycles. The lowest BCUT2D eigenvalue weighted by molar-refractivity contribution is -0.147. The van der Waals surface area contributed by atoms with Crippen molar-refractivity contribution < 1.29 is 19.4 Å². The first kappa shape index (κ1) is 15.8. The second kappa shape index (κ2) is 5.39. The highest BCUT2D eigenvalue weighted by atomic mass is 16.6. The molecule has 1 aliphatic rings. The molecule has 3 atom stereocenters. The van der Waals surface area contributed by atoms with E-state index in [-0.39, 0.29) is 5.92 Å². The molecule has 0 aromatic rings. The number of alkyl carbamates (subject to hydrolysis) is 1. The Labute approximate surface area is 114 Å². The van der Waals surface area contributed by atoms with Crippen molar-refractivity contribution in [1.82, 2.24) is 5.32 Å². The zero-order chi connectivity index (χ0) is 14.8. The van der Waals surface area contributed by atoms with E-state index in [2.05, 4.69) is 12.2 Å². The predicted octanol–water partition coefficient (Wildman–Crippen LogP) is 2.79. The number of aliphatic carboxylic acids is 1. The number of nitrogens with one attached hydrogen (secondary N) is 1. The maximum Gasteiger partial charge on any atom is 0.408 e. The third-order valence-electron chi connectivity index (χ3n) is 3.82. The van der Waals surface area contributed by atoms with Crippen LogP contribution in [0, 0.1) is 11.8 Å². The van der Waals surface area contributed by atoms with Crippen molar-refractivity contribution in [2.75, 3.05) is 0 Å². The standard InChI is InChI=1S/C14H25NO4/c1-9-6-7-14(11(16)17,8-10(9)2)15-12(18)19-13(3,4)5/h9-10H,6-8H2,1-5H3,(H,15,18)(H,16,17). The summed E-state index contributed by atoms with van der Waals surface area (Å²) in [5.74, 6) is -0.232. The Balaban J connectivity index is 2.79. The Morgan fingerprint density at radius 3 is 2.26 bits per heavy atom. The summed E-state index contributed by atoms with van der Waals surface area (Å²) in [5.41, 5.74) is -1.81. The van der Waals surface area contributed by atoms with Crippen molar-refractivity contribution in [3.63, 3.8) is 0 Å². The highest BCUT2D eigenvalue weighted by Crippen LogP contribution is 2.36. The van der Waals surface area contributed by atoms with E-state index in [1.807, 2.05) is 6.92 Å². The molecule has 3 unspecified atom stereocenters. The SMILES string of the molecule is CC1CCC(NC(=O)OC(C)(C)C)(C(=O)O)CC1C. The molecular weight excluding hydrogens is 246 g/mol. The molecular formula is C14H25NO4. The number of ether oxygens (including phenoxy) is 1. The lowest BCUT2D eigenvalue weighted by Crippen LogP contribution is -2.58. The summed E-state index contributed by atoms with van der Waals surface area (Å²) in [7, 11) is 0. The minimum absolute atomic E-state index is 0.264. The molecule has 0 aromatic carbocycles. The van der Waals surface area contributed by atoms with Crippen molar-refractivity contribution in [2.45, 2.75) is 65.0 Å². The number of carboxylic acid groups (broad SMARTS) is 1. The van der Waals surface area contributed by atoms with Gasteiger partial charge in [0.2, 0.25) is 0 Å². The van der Waals surface area contributed by atoms with Crippen molar-refractivity contribution >= 4 is 12.1 Å². The fourth-order valence-electron chi connectivity index (χ4n) is 2.47. The average Bonchev–Trinajstić information content (AvgIpc) is 2.20. The molecule has 1 aliphatic carbocycles. The van der Waals surface area contributed by atoms with Gasteiger partial charge in [0, 0.05) is 0 Å². The summed E-state index contributed by atoms with van der Waals surface area (Å²) in [6.45, 7) is 9.41. The molecule has 19 heavy (non-hydrogen) atoms. The van der Waals surface area contributed by atoms with Crippen molar-refractivity contribution in [2.24, 2.45) is 11.8 Å². The molecule has 2 N–H and O–H groups in total. The molecule has 0 spiro atoms. The molecule has 1 amide bonds. The van der Waals surface area contributed by atoms with Gasteiger partial charge in [0.15, 0.2) is 0 Å². The molecule has 110 valence electrons. The summed E-state index contributed by atoms with van der Waals surface area (Å²) in [5, 5.41) is 12.0. The Morgan fingerprint density at radius 1 is 1.26 bits per heavy atom. The fourth-order valence-corrected chi connectivity index (χ4v) is 2.47. The molecule has 1 fully saturated rings. The van der Waals surface area contributed by atoms with E-state index >= 15 is 0 Å². The fraction of sp³-hybridized carbons (Fsp3) is 0.857. The molecule has 0 bridgehead atoms. The molecule has 1 saturated carbocycles. The second-order valence-corrected chi connectivity index (χ2v) is 6.71. The number of amides is 1. The van der Waals surface area contributed by atoms with Crippen LogP contribution in [-0.2, 0) is 9.53 Å². The van der Waals surface area contributed by atoms with Crippen LogP contribution >= 0.6 is 0 Å². The average molecular weight is 271 g/mol. The van der Waals surface area contributed by atoms with Crippen LogP contribution in [0.4, 0.5) is 4.79 Å². The minimum Gasteiger partial charge on any atom is -0.480 e. The third kappa shape index (κ3) is 4.11. The Morgan fingerprint density at radius 2 is 1.84 bits per heavy atom. The largest absolute Gasteiger partial charge is 0.480 e. The molecule has 0 radical (unpaired) electrons. The number of hydrogen-bond acceptors (Lipinski definition) is 3. The molecule has 0 aliphatic heterocycles. The lowest BCUT2D eigenvalue weighted by Gasteiger charge is -2.40. The van der Waals surface area contributed by atoms with E-state index in [1.54, 1.807) is 20.8 Å². The Kier molecular flexibility index (Phi) is 4.48. The van der Waals surface area contributed by atoms with Crippen LogP contribution in [-0.4, -0.2) is 28.3 Å². The maximum atomic E-state index is 11.8. The first-order valence-electron chi connectivity index (χ1n) is 6.80. The monoisotopic (exact) mass is 271 g/mol. The van der Waals surface area contributed by atoms with Gasteiger partial charge in [-0.3, -0.25) is 0 Å². The van der Waals surface area contributed by atoms with Crippen LogP contribution in [0.15, 0.2) is 0 Å². The number of carbonyl (C=O) groups excluding carboxylic acids is 1. The summed E-state index contributed by atoms with van der Waals surface area (Å²) in [6, 6.07) is 0. The molecule has 1 rings (SSSR count). The van der Waals surface area contributed by atoms with Crippen LogP contribution in [0.3, 0.4) is 0 Å². The van der Waals surface area contributed by atoms with E-state index in [4.69, 9.17) is 4.74 Å². The second-order valence-electron chi connectivity index (χ2n) is 6.71. The van der Waals surface area contributed by atoms with Gasteiger partial charge in [0.25, 0.3) is 0 Å². The predicted molar refractivity (Wildman–Crippen MR) is 71.9 cm³/mol. The van der Waals surface area contributed by atoms with Crippen molar-refractivity contribution in [3.05, 3.63) is 0 Å². The summed E-state index contributed by atoms with van der Waals surface area (Å²) in [4.78, 5) is 23.4. The smallest absolute Gasteiger partial charge is 0.408 e. The summed E-state index contributed by atoms with van der Waals surface area (Å²) in [6.07, 6.45) is 1.04. The van der Waals surface area contributed by atoms with E-state index < -0.39 is 23.2 Å². The highest BCUT2D eigenvalue weighted by molar-refractivity contribution is 5.84. The van der Waals surface area contributed by atoms with E-state index in [0.29, 0.717) is 18.8 Å².